The van der Waals surface area contributed by atoms with Crippen LogP contribution in [0.15, 0.2) is 54.6 Å². The van der Waals surface area contributed by atoms with Crippen LogP contribution in [0.25, 0.3) is 0 Å². The minimum Gasteiger partial charge on any atom is -0.342 e. The Labute approximate surface area is 115 Å². The van der Waals surface area contributed by atoms with Gasteiger partial charge in [-0.2, -0.15) is 0 Å². The van der Waals surface area contributed by atoms with E-state index in [1.54, 1.807) is 24.3 Å². The summed E-state index contributed by atoms with van der Waals surface area (Å²) >= 11 is 0. The van der Waals surface area contributed by atoms with Gasteiger partial charge in [-0.3, -0.25) is 9.59 Å². The topological polar surface area (TPSA) is 58.7 Å². The van der Waals surface area contributed by atoms with E-state index in [-0.39, 0.29) is 11.7 Å². The molecule has 0 aliphatic carbocycles. The molecule has 2 aliphatic heterocycles. The van der Waals surface area contributed by atoms with Crippen molar-refractivity contribution in [1.82, 2.24) is 0 Å². The second kappa shape index (κ2) is 3.77. The smallest absolute Gasteiger partial charge is 0.264 e. The maximum absolute atomic E-state index is 12.4. The van der Waals surface area contributed by atoms with Crippen molar-refractivity contribution in [2.45, 2.75) is 11.7 Å². The predicted octanol–water partition coefficient (Wildman–Crippen LogP) is 2.12. The number of para-hydroxylation sites is 1. The number of carbonyl (C=O) groups is 2. The summed E-state index contributed by atoms with van der Waals surface area (Å²) in [7, 11) is 0. The number of anilines is 1. The Morgan fingerprint density at radius 2 is 1.75 bits per heavy atom. The molecule has 1 amide bonds. The van der Waals surface area contributed by atoms with Crippen molar-refractivity contribution in [3.05, 3.63) is 65.7 Å². The van der Waals surface area contributed by atoms with Gasteiger partial charge in [0.2, 0.25) is 5.60 Å². The molecule has 0 unspecified atom stereocenters. The van der Waals surface area contributed by atoms with E-state index in [9.17, 15) is 9.59 Å². The molecule has 2 aliphatic rings. The Hall–Kier alpha value is -2.46. The molecule has 1 N–H and O–H groups in total. The fourth-order valence-electron chi connectivity index (χ4n) is 2.77. The highest BCUT2D eigenvalue weighted by atomic mass is 16.6. The molecule has 0 aromatic heterocycles. The van der Waals surface area contributed by atoms with Crippen molar-refractivity contribution in [2.24, 2.45) is 0 Å². The summed E-state index contributed by atoms with van der Waals surface area (Å²) in [6.45, 7) is 0. The zero-order chi connectivity index (χ0) is 13.7. The second-order valence-electron chi connectivity index (χ2n) is 4.96. The molecule has 1 spiro atoms. The number of epoxide rings is 1. The number of benzene rings is 2. The van der Waals surface area contributed by atoms with Crippen LogP contribution in [-0.2, 0) is 15.1 Å². The van der Waals surface area contributed by atoms with Gasteiger partial charge in [0, 0.05) is 16.8 Å². The van der Waals surface area contributed by atoms with Crippen molar-refractivity contribution in [1.29, 1.82) is 0 Å². The predicted molar refractivity (Wildman–Crippen MR) is 72.4 cm³/mol. The monoisotopic (exact) mass is 265 g/mol. The molecule has 4 nitrogen and oxygen atoms in total. The molecule has 2 heterocycles. The average Bonchev–Trinajstić information content (AvgIpc) is 3.18. The van der Waals surface area contributed by atoms with Gasteiger partial charge in [-0.15, -0.1) is 0 Å². The summed E-state index contributed by atoms with van der Waals surface area (Å²) in [6, 6.07) is 16.2. The van der Waals surface area contributed by atoms with Gasteiger partial charge in [0.25, 0.3) is 5.91 Å². The number of ether oxygens (including phenoxy) is 1. The number of nitrogens with one attached hydrogen (secondary N) is 1. The molecule has 2 aromatic rings. The third-order valence-electron chi connectivity index (χ3n) is 3.82. The van der Waals surface area contributed by atoms with Crippen LogP contribution in [0, 0.1) is 0 Å². The van der Waals surface area contributed by atoms with E-state index < -0.39 is 11.7 Å². The number of carbonyl (C=O) groups excluding carboxylic acids is 2. The lowest BCUT2D eigenvalue weighted by Gasteiger charge is -2.02. The van der Waals surface area contributed by atoms with Crippen molar-refractivity contribution >= 4 is 17.4 Å². The van der Waals surface area contributed by atoms with Gasteiger partial charge in [-0.1, -0.05) is 48.5 Å². The largest absolute Gasteiger partial charge is 0.342 e. The highest BCUT2D eigenvalue weighted by Gasteiger charge is 2.70. The molecule has 1 fully saturated rings. The average molecular weight is 265 g/mol. The number of hydrogen-bond acceptors (Lipinski definition) is 3. The highest BCUT2D eigenvalue weighted by Crippen LogP contribution is 2.54. The van der Waals surface area contributed by atoms with Crippen molar-refractivity contribution in [2.75, 3.05) is 5.32 Å². The fourth-order valence-corrected chi connectivity index (χ4v) is 2.77. The summed E-state index contributed by atoms with van der Waals surface area (Å²) < 4.78 is 5.56. The van der Waals surface area contributed by atoms with E-state index in [0.717, 1.165) is 11.3 Å². The Bertz CT molecular complexity index is 726. The first-order valence-electron chi connectivity index (χ1n) is 6.41. The SMILES string of the molecule is O=C(c1ccccc1)[C@H]1O[C@@]12C(=O)Nc1ccccc12. The Morgan fingerprint density at radius 3 is 2.55 bits per heavy atom. The van der Waals surface area contributed by atoms with Crippen molar-refractivity contribution < 1.29 is 14.3 Å². The van der Waals surface area contributed by atoms with Crippen LogP contribution in [0.2, 0.25) is 0 Å². The van der Waals surface area contributed by atoms with Gasteiger partial charge in [-0.05, 0) is 6.07 Å². The van der Waals surface area contributed by atoms with Crippen molar-refractivity contribution in [3.63, 3.8) is 0 Å². The van der Waals surface area contributed by atoms with E-state index in [4.69, 9.17) is 4.74 Å². The number of rotatable bonds is 2. The molecule has 4 heteroatoms. The summed E-state index contributed by atoms with van der Waals surface area (Å²) in [5.41, 5.74) is 0.912. The van der Waals surface area contributed by atoms with E-state index in [1.165, 1.54) is 0 Å². The third-order valence-corrected chi connectivity index (χ3v) is 3.82. The van der Waals surface area contributed by atoms with Crippen LogP contribution in [0.5, 0.6) is 0 Å². The standard InChI is InChI=1S/C16H11NO3/c18-13(10-6-2-1-3-7-10)14-16(20-14)11-8-4-5-9-12(11)17-15(16)19/h1-9,14H,(H,17,19)/t14-,16-/m1/s1. The summed E-state index contributed by atoms with van der Waals surface area (Å²) in [5, 5.41) is 2.77. The first-order chi connectivity index (χ1) is 9.73. The number of ketones is 1. The zero-order valence-corrected chi connectivity index (χ0v) is 10.5. The normalized spacial score (nSPS) is 26.2. The molecule has 0 radical (unpaired) electrons. The number of fused-ring (bicyclic) bond motifs is 2. The third kappa shape index (κ3) is 1.34. The lowest BCUT2D eigenvalue weighted by molar-refractivity contribution is -0.120. The zero-order valence-electron chi connectivity index (χ0n) is 10.5. The van der Waals surface area contributed by atoms with Crippen LogP contribution < -0.4 is 5.32 Å². The van der Waals surface area contributed by atoms with Crippen LogP contribution in [0.3, 0.4) is 0 Å². The summed E-state index contributed by atoms with van der Waals surface area (Å²) in [4.78, 5) is 24.6. The molecular weight excluding hydrogens is 254 g/mol. The maximum Gasteiger partial charge on any atom is 0.264 e. The van der Waals surface area contributed by atoms with Crippen molar-refractivity contribution in [3.8, 4) is 0 Å². The van der Waals surface area contributed by atoms with Gasteiger partial charge >= 0.3 is 0 Å². The van der Waals surface area contributed by atoms with E-state index in [0.29, 0.717) is 5.56 Å². The molecular formula is C16H11NO3. The number of Topliss-reactive ketones (excluding diaryl/α,β-unsaturated/α-hetero) is 1. The fraction of sp³-hybridized carbons (Fsp3) is 0.125. The molecule has 0 bridgehead atoms. The van der Waals surface area contributed by atoms with Crippen LogP contribution in [0.4, 0.5) is 5.69 Å². The Morgan fingerprint density at radius 1 is 1.05 bits per heavy atom. The Balaban J connectivity index is 1.73. The van der Waals surface area contributed by atoms with Gasteiger partial charge in [0.15, 0.2) is 11.9 Å². The van der Waals surface area contributed by atoms with Crippen LogP contribution in [0.1, 0.15) is 15.9 Å². The molecule has 98 valence electrons. The van der Waals surface area contributed by atoms with Gasteiger partial charge in [0.1, 0.15) is 0 Å². The Kier molecular flexibility index (Phi) is 2.15. The number of amides is 1. The first-order valence-corrected chi connectivity index (χ1v) is 6.41. The maximum atomic E-state index is 12.4. The summed E-state index contributed by atoms with van der Waals surface area (Å²) in [5.74, 6) is -0.412. The van der Waals surface area contributed by atoms with Crippen LogP contribution in [-0.4, -0.2) is 17.8 Å². The van der Waals surface area contributed by atoms with E-state index in [1.807, 2.05) is 30.3 Å². The lowest BCUT2D eigenvalue weighted by Crippen LogP contribution is -2.27. The van der Waals surface area contributed by atoms with Gasteiger partial charge in [0.05, 0.1) is 0 Å². The molecule has 2 atom stereocenters. The lowest BCUT2D eigenvalue weighted by atomic mass is 9.92. The van der Waals surface area contributed by atoms with Crippen LogP contribution >= 0.6 is 0 Å². The minimum absolute atomic E-state index is 0.155. The highest BCUT2D eigenvalue weighted by molar-refractivity contribution is 6.15. The molecule has 0 saturated carbocycles. The van der Waals surface area contributed by atoms with Gasteiger partial charge < -0.3 is 10.1 Å². The first kappa shape index (κ1) is 11.4. The van der Waals surface area contributed by atoms with E-state index >= 15 is 0 Å². The van der Waals surface area contributed by atoms with Gasteiger partial charge in [-0.25, -0.2) is 0 Å². The molecule has 20 heavy (non-hydrogen) atoms. The molecule has 4 rings (SSSR count). The second-order valence-corrected chi connectivity index (χ2v) is 4.96. The van der Waals surface area contributed by atoms with E-state index in [2.05, 4.69) is 5.32 Å². The molecule has 1 saturated heterocycles. The minimum atomic E-state index is -1.12. The quantitative estimate of drug-likeness (QED) is 0.668. The summed E-state index contributed by atoms with van der Waals surface area (Å²) in [6.07, 6.45) is -0.728. The molecule has 2 aromatic carbocycles. The number of hydrogen-bond donors (Lipinski definition) is 1.